The van der Waals surface area contributed by atoms with Gasteiger partial charge >= 0.3 is 0 Å². The minimum atomic E-state index is -0.654. The summed E-state index contributed by atoms with van der Waals surface area (Å²) in [6.45, 7) is 4.03. The molecular formula is C14H16BrClN2O. The molecule has 3 nitrogen and oxygen atoms in total. The second-order valence-corrected chi connectivity index (χ2v) is 6.09. The van der Waals surface area contributed by atoms with Gasteiger partial charge in [-0.2, -0.15) is 5.10 Å². The average molecular weight is 344 g/mol. The normalized spacial score (nSPS) is 12.9. The van der Waals surface area contributed by atoms with Crippen molar-refractivity contribution in [3.8, 4) is 0 Å². The number of aromatic nitrogens is 2. The maximum absolute atomic E-state index is 10.4. The molecular weight excluding hydrogens is 328 g/mol. The molecule has 19 heavy (non-hydrogen) atoms. The highest BCUT2D eigenvalue weighted by Gasteiger charge is 2.19. The Kier molecular flexibility index (Phi) is 4.66. The van der Waals surface area contributed by atoms with Crippen LogP contribution in [-0.2, 0) is 6.42 Å². The van der Waals surface area contributed by atoms with Crippen LogP contribution in [0.25, 0.3) is 0 Å². The van der Waals surface area contributed by atoms with E-state index in [4.69, 9.17) is 11.6 Å². The molecule has 1 N–H and O–H groups in total. The van der Waals surface area contributed by atoms with Crippen LogP contribution in [0.2, 0.25) is 5.02 Å². The van der Waals surface area contributed by atoms with E-state index < -0.39 is 6.10 Å². The smallest absolute Gasteiger partial charge is 0.101 e. The van der Waals surface area contributed by atoms with E-state index in [0.717, 1.165) is 10.0 Å². The Balaban J connectivity index is 2.22. The van der Waals surface area contributed by atoms with Crippen molar-refractivity contribution < 1.29 is 5.11 Å². The third-order valence-corrected chi connectivity index (χ3v) is 3.75. The maximum atomic E-state index is 10.4. The second kappa shape index (κ2) is 6.07. The highest BCUT2D eigenvalue weighted by atomic mass is 79.9. The molecule has 2 aromatic rings. The van der Waals surface area contributed by atoms with Crippen molar-refractivity contribution in [2.75, 3.05) is 0 Å². The van der Waals surface area contributed by atoms with Crippen molar-refractivity contribution >= 4 is 27.5 Å². The molecule has 2 rings (SSSR count). The molecule has 0 fully saturated rings. The SMILES string of the molecule is CC(C)n1ncc(Cl)c1C(O)Cc1ccc(Br)cc1. The van der Waals surface area contributed by atoms with E-state index in [1.165, 1.54) is 0 Å². The van der Waals surface area contributed by atoms with Gasteiger partial charge in [-0.15, -0.1) is 0 Å². The zero-order chi connectivity index (χ0) is 14.0. The summed E-state index contributed by atoms with van der Waals surface area (Å²) < 4.78 is 2.79. The number of nitrogens with zero attached hydrogens (tertiary/aromatic N) is 2. The van der Waals surface area contributed by atoms with Gasteiger partial charge in [0.15, 0.2) is 0 Å². The van der Waals surface area contributed by atoms with Gasteiger partial charge in [-0.05, 0) is 31.5 Å². The van der Waals surface area contributed by atoms with Crippen LogP contribution in [0.3, 0.4) is 0 Å². The molecule has 1 unspecified atom stereocenters. The lowest BCUT2D eigenvalue weighted by Gasteiger charge is -2.16. The standard InChI is InChI=1S/C14H16BrClN2O/c1-9(2)18-14(12(16)8-17-18)13(19)7-10-3-5-11(15)6-4-10/h3-6,8-9,13,19H,7H2,1-2H3. The third kappa shape index (κ3) is 3.38. The number of aliphatic hydroxyl groups excluding tert-OH is 1. The summed E-state index contributed by atoms with van der Waals surface area (Å²) in [7, 11) is 0. The molecule has 5 heteroatoms. The lowest BCUT2D eigenvalue weighted by molar-refractivity contribution is 0.165. The molecule has 1 aromatic heterocycles. The number of halogens is 2. The minimum absolute atomic E-state index is 0.169. The van der Waals surface area contributed by atoms with Gasteiger partial charge in [0.1, 0.15) is 6.10 Å². The van der Waals surface area contributed by atoms with E-state index in [9.17, 15) is 5.11 Å². The number of hydrogen-bond donors (Lipinski definition) is 1. The summed E-state index contributed by atoms with van der Waals surface area (Å²) in [5, 5.41) is 15.1. The molecule has 0 aliphatic carbocycles. The minimum Gasteiger partial charge on any atom is -0.386 e. The first-order chi connectivity index (χ1) is 8.99. The van der Waals surface area contributed by atoms with Crippen LogP contribution in [0.1, 0.15) is 37.3 Å². The van der Waals surface area contributed by atoms with Crippen LogP contribution in [0.4, 0.5) is 0 Å². The van der Waals surface area contributed by atoms with Gasteiger partial charge in [0, 0.05) is 16.9 Å². The summed E-state index contributed by atoms with van der Waals surface area (Å²) in [6, 6.07) is 8.06. The largest absolute Gasteiger partial charge is 0.386 e. The molecule has 0 saturated carbocycles. The highest BCUT2D eigenvalue weighted by molar-refractivity contribution is 9.10. The van der Waals surface area contributed by atoms with Crippen molar-refractivity contribution in [1.82, 2.24) is 9.78 Å². The molecule has 0 spiro atoms. The van der Waals surface area contributed by atoms with Crippen molar-refractivity contribution in [2.45, 2.75) is 32.4 Å². The zero-order valence-corrected chi connectivity index (χ0v) is 13.2. The fourth-order valence-corrected chi connectivity index (χ4v) is 2.53. The van der Waals surface area contributed by atoms with E-state index in [1.54, 1.807) is 10.9 Å². The molecule has 0 aliphatic heterocycles. The van der Waals surface area contributed by atoms with E-state index in [2.05, 4.69) is 21.0 Å². The molecule has 0 aliphatic rings. The van der Waals surface area contributed by atoms with E-state index in [0.29, 0.717) is 17.1 Å². The number of rotatable bonds is 4. The molecule has 0 bridgehead atoms. The highest BCUT2D eigenvalue weighted by Crippen LogP contribution is 2.28. The van der Waals surface area contributed by atoms with Crippen molar-refractivity contribution in [3.05, 3.63) is 51.2 Å². The Morgan fingerprint density at radius 1 is 1.32 bits per heavy atom. The number of benzene rings is 1. The predicted molar refractivity (Wildman–Crippen MR) is 80.4 cm³/mol. The van der Waals surface area contributed by atoms with E-state index in [1.807, 2.05) is 38.1 Å². The number of hydrogen-bond acceptors (Lipinski definition) is 2. The molecule has 1 atom stereocenters. The van der Waals surface area contributed by atoms with Crippen LogP contribution >= 0.6 is 27.5 Å². The van der Waals surface area contributed by atoms with Crippen LogP contribution in [0, 0.1) is 0 Å². The third-order valence-electron chi connectivity index (χ3n) is 2.93. The van der Waals surface area contributed by atoms with Crippen LogP contribution in [0.5, 0.6) is 0 Å². The first-order valence-corrected chi connectivity index (χ1v) is 7.31. The molecule has 1 aromatic carbocycles. The fraction of sp³-hybridized carbons (Fsp3) is 0.357. The van der Waals surface area contributed by atoms with Crippen LogP contribution in [-0.4, -0.2) is 14.9 Å². The molecule has 0 saturated heterocycles. The molecule has 0 radical (unpaired) electrons. The Morgan fingerprint density at radius 2 is 1.95 bits per heavy atom. The Hall–Kier alpha value is -0.840. The molecule has 0 amide bonds. The Labute approximate surface area is 126 Å². The van der Waals surface area contributed by atoms with Gasteiger partial charge in [-0.3, -0.25) is 4.68 Å². The number of aliphatic hydroxyl groups is 1. The molecule has 102 valence electrons. The fourth-order valence-electron chi connectivity index (χ4n) is 2.01. The summed E-state index contributed by atoms with van der Waals surface area (Å²) >= 11 is 9.52. The summed E-state index contributed by atoms with van der Waals surface area (Å²) in [6.07, 6.45) is 1.45. The van der Waals surface area contributed by atoms with Gasteiger partial charge in [0.25, 0.3) is 0 Å². The summed E-state index contributed by atoms with van der Waals surface area (Å²) in [4.78, 5) is 0. The average Bonchev–Trinajstić information content (AvgIpc) is 2.74. The van der Waals surface area contributed by atoms with Crippen molar-refractivity contribution in [1.29, 1.82) is 0 Å². The summed E-state index contributed by atoms with van der Waals surface area (Å²) in [5.74, 6) is 0. The monoisotopic (exact) mass is 342 g/mol. The van der Waals surface area contributed by atoms with Gasteiger partial charge in [0.2, 0.25) is 0 Å². The van der Waals surface area contributed by atoms with Crippen LogP contribution < -0.4 is 0 Å². The Bertz CT molecular complexity index is 551. The molecule has 1 heterocycles. The first kappa shape index (κ1) is 14.6. The lowest BCUT2D eigenvalue weighted by Crippen LogP contribution is -2.13. The van der Waals surface area contributed by atoms with Gasteiger partial charge < -0.3 is 5.11 Å². The first-order valence-electron chi connectivity index (χ1n) is 6.14. The predicted octanol–water partition coefficient (Wildman–Crippen LogP) is 4.16. The summed E-state index contributed by atoms with van der Waals surface area (Å²) in [5.41, 5.74) is 1.74. The quantitative estimate of drug-likeness (QED) is 0.905. The van der Waals surface area contributed by atoms with Gasteiger partial charge in [-0.25, -0.2) is 0 Å². The lowest BCUT2D eigenvalue weighted by atomic mass is 10.1. The van der Waals surface area contributed by atoms with Gasteiger partial charge in [-0.1, -0.05) is 39.7 Å². The maximum Gasteiger partial charge on any atom is 0.101 e. The second-order valence-electron chi connectivity index (χ2n) is 4.76. The van der Waals surface area contributed by atoms with Crippen molar-refractivity contribution in [2.24, 2.45) is 0 Å². The van der Waals surface area contributed by atoms with Crippen molar-refractivity contribution in [3.63, 3.8) is 0 Å². The van der Waals surface area contributed by atoms with Crippen LogP contribution in [0.15, 0.2) is 34.9 Å². The van der Waals surface area contributed by atoms with E-state index in [-0.39, 0.29) is 6.04 Å². The topological polar surface area (TPSA) is 38.0 Å². The van der Waals surface area contributed by atoms with E-state index >= 15 is 0 Å². The van der Waals surface area contributed by atoms with Gasteiger partial charge in [0.05, 0.1) is 16.9 Å². The Morgan fingerprint density at radius 3 is 2.53 bits per heavy atom. The zero-order valence-electron chi connectivity index (χ0n) is 10.8.